The van der Waals surface area contributed by atoms with Crippen LogP contribution in [0.25, 0.3) is 10.6 Å². The Kier molecular flexibility index (Phi) is 2.83. The van der Waals surface area contributed by atoms with E-state index in [1.807, 2.05) is 10.7 Å². The van der Waals surface area contributed by atoms with Crippen LogP contribution >= 0.6 is 11.3 Å². The zero-order valence-corrected chi connectivity index (χ0v) is 9.53. The minimum Gasteiger partial charge on any atom is -0.390 e. The summed E-state index contributed by atoms with van der Waals surface area (Å²) in [5.74, 6) is 0. The summed E-state index contributed by atoms with van der Waals surface area (Å²) in [5, 5.41) is 13.4. The highest BCUT2D eigenvalue weighted by atomic mass is 32.1. The van der Waals surface area contributed by atoms with Crippen LogP contribution in [-0.4, -0.2) is 19.9 Å². The van der Waals surface area contributed by atoms with Gasteiger partial charge in [0.1, 0.15) is 0 Å². The first-order chi connectivity index (χ1) is 7.24. The van der Waals surface area contributed by atoms with E-state index in [-0.39, 0.29) is 6.61 Å². The molecule has 0 saturated carbocycles. The van der Waals surface area contributed by atoms with Gasteiger partial charge in [-0.05, 0) is 19.9 Å². The summed E-state index contributed by atoms with van der Waals surface area (Å²) in [7, 11) is 0. The third-order valence-electron chi connectivity index (χ3n) is 2.18. The molecular weight excluding hydrogens is 210 g/mol. The number of aromatic nitrogens is 3. The standard InChI is InChI=1S/C10H13N3OS/c1-7(2)13-9(3-4-12-13)10-8(5-14)11-6-15-10/h3-4,6-7,14H,5H2,1-2H3. The van der Waals surface area contributed by atoms with E-state index < -0.39 is 0 Å². The molecule has 0 saturated heterocycles. The van der Waals surface area contributed by atoms with Gasteiger partial charge in [-0.15, -0.1) is 11.3 Å². The number of aliphatic hydroxyl groups is 1. The second-order valence-electron chi connectivity index (χ2n) is 3.54. The molecule has 0 bridgehead atoms. The highest BCUT2D eigenvalue weighted by Gasteiger charge is 2.13. The first-order valence-corrected chi connectivity index (χ1v) is 5.69. The number of thiazole rings is 1. The van der Waals surface area contributed by atoms with Gasteiger partial charge in [0.15, 0.2) is 0 Å². The van der Waals surface area contributed by atoms with Gasteiger partial charge in [-0.3, -0.25) is 4.68 Å². The van der Waals surface area contributed by atoms with Gasteiger partial charge in [0, 0.05) is 12.2 Å². The molecule has 0 aliphatic heterocycles. The highest BCUT2D eigenvalue weighted by Crippen LogP contribution is 2.28. The Morgan fingerprint density at radius 2 is 2.33 bits per heavy atom. The van der Waals surface area contributed by atoms with Crippen LogP contribution < -0.4 is 0 Å². The van der Waals surface area contributed by atoms with Crippen LogP contribution in [0.1, 0.15) is 25.6 Å². The van der Waals surface area contributed by atoms with Gasteiger partial charge in [0.2, 0.25) is 0 Å². The topological polar surface area (TPSA) is 50.9 Å². The Bertz CT molecular complexity index is 447. The summed E-state index contributed by atoms with van der Waals surface area (Å²) in [6.45, 7) is 4.13. The second-order valence-corrected chi connectivity index (χ2v) is 4.40. The maximum Gasteiger partial charge on any atom is 0.0868 e. The lowest BCUT2D eigenvalue weighted by Gasteiger charge is -2.09. The average molecular weight is 223 g/mol. The van der Waals surface area contributed by atoms with Crippen molar-refractivity contribution in [1.29, 1.82) is 0 Å². The molecule has 0 fully saturated rings. The van der Waals surface area contributed by atoms with Crippen LogP contribution in [0.3, 0.4) is 0 Å². The lowest BCUT2D eigenvalue weighted by Crippen LogP contribution is -2.04. The monoisotopic (exact) mass is 223 g/mol. The van der Waals surface area contributed by atoms with E-state index in [4.69, 9.17) is 5.11 Å². The van der Waals surface area contributed by atoms with Gasteiger partial charge in [-0.25, -0.2) is 4.98 Å². The maximum atomic E-state index is 9.15. The zero-order valence-electron chi connectivity index (χ0n) is 8.71. The zero-order chi connectivity index (χ0) is 10.8. The van der Waals surface area contributed by atoms with Crippen molar-refractivity contribution in [3.05, 3.63) is 23.5 Å². The van der Waals surface area contributed by atoms with Crippen molar-refractivity contribution in [2.45, 2.75) is 26.5 Å². The number of hydrogen-bond acceptors (Lipinski definition) is 4. The first kappa shape index (κ1) is 10.3. The SMILES string of the molecule is CC(C)n1nccc1-c1scnc1CO. The Balaban J connectivity index is 2.49. The highest BCUT2D eigenvalue weighted by molar-refractivity contribution is 7.13. The Morgan fingerprint density at radius 3 is 3.00 bits per heavy atom. The van der Waals surface area contributed by atoms with E-state index in [2.05, 4.69) is 23.9 Å². The predicted molar refractivity (Wildman–Crippen MR) is 59.6 cm³/mol. The van der Waals surface area contributed by atoms with Gasteiger partial charge in [-0.2, -0.15) is 5.10 Å². The van der Waals surface area contributed by atoms with E-state index in [0.717, 1.165) is 16.3 Å². The van der Waals surface area contributed by atoms with E-state index >= 15 is 0 Å². The fourth-order valence-corrected chi connectivity index (χ4v) is 2.32. The lowest BCUT2D eigenvalue weighted by atomic mass is 10.2. The smallest absolute Gasteiger partial charge is 0.0868 e. The molecule has 2 aromatic rings. The second kappa shape index (κ2) is 4.12. The van der Waals surface area contributed by atoms with Crippen LogP contribution in [0.2, 0.25) is 0 Å². The molecule has 2 rings (SSSR count). The van der Waals surface area contributed by atoms with Crippen molar-refractivity contribution in [3.8, 4) is 10.6 Å². The largest absolute Gasteiger partial charge is 0.390 e. The number of rotatable bonds is 3. The van der Waals surface area contributed by atoms with Crippen LogP contribution in [0.4, 0.5) is 0 Å². The summed E-state index contributed by atoms with van der Waals surface area (Å²) in [6.07, 6.45) is 1.77. The van der Waals surface area contributed by atoms with Crippen LogP contribution in [0.5, 0.6) is 0 Å². The Hall–Kier alpha value is -1.20. The maximum absolute atomic E-state index is 9.15. The van der Waals surface area contributed by atoms with Crippen molar-refractivity contribution >= 4 is 11.3 Å². The van der Waals surface area contributed by atoms with Crippen molar-refractivity contribution in [1.82, 2.24) is 14.8 Å². The molecule has 0 atom stereocenters. The molecule has 0 radical (unpaired) electrons. The van der Waals surface area contributed by atoms with Crippen molar-refractivity contribution in [2.24, 2.45) is 0 Å². The fraction of sp³-hybridized carbons (Fsp3) is 0.400. The third-order valence-corrected chi connectivity index (χ3v) is 3.07. The number of hydrogen-bond donors (Lipinski definition) is 1. The van der Waals surface area contributed by atoms with Gasteiger partial charge in [-0.1, -0.05) is 0 Å². The van der Waals surface area contributed by atoms with Gasteiger partial charge in [0.25, 0.3) is 0 Å². The molecule has 0 spiro atoms. The van der Waals surface area contributed by atoms with Gasteiger partial charge >= 0.3 is 0 Å². The number of nitrogens with zero attached hydrogens (tertiary/aromatic N) is 3. The molecule has 2 aromatic heterocycles. The van der Waals surface area contributed by atoms with Crippen molar-refractivity contribution in [3.63, 3.8) is 0 Å². The Labute approximate surface area is 92.2 Å². The minimum absolute atomic E-state index is 0.0257. The van der Waals surface area contributed by atoms with Crippen LogP contribution in [0.15, 0.2) is 17.8 Å². The summed E-state index contributed by atoms with van der Waals surface area (Å²) >= 11 is 1.53. The van der Waals surface area contributed by atoms with Gasteiger partial charge in [0.05, 0.1) is 28.4 Å². The molecule has 15 heavy (non-hydrogen) atoms. The molecule has 1 N–H and O–H groups in total. The first-order valence-electron chi connectivity index (χ1n) is 4.81. The normalized spacial score (nSPS) is 11.2. The fourth-order valence-electron chi connectivity index (χ4n) is 1.50. The lowest BCUT2D eigenvalue weighted by molar-refractivity contribution is 0.278. The van der Waals surface area contributed by atoms with E-state index in [1.165, 1.54) is 11.3 Å². The van der Waals surface area contributed by atoms with Crippen LogP contribution in [-0.2, 0) is 6.61 Å². The predicted octanol–water partition coefficient (Wildman–Crippen LogP) is 2.08. The molecule has 5 heteroatoms. The van der Waals surface area contributed by atoms with Crippen LogP contribution in [0, 0.1) is 0 Å². The van der Waals surface area contributed by atoms with Crippen molar-refractivity contribution in [2.75, 3.05) is 0 Å². The average Bonchev–Trinajstić information content (AvgIpc) is 2.85. The molecule has 0 aromatic carbocycles. The molecule has 80 valence electrons. The molecule has 4 nitrogen and oxygen atoms in total. The molecule has 2 heterocycles. The van der Waals surface area contributed by atoms with E-state index in [9.17, 15) is 0 Å². The summed E-state index contributed by atoms with van der Waals surface area (Å²) in [4.78, 5) is 5.12. The van der Waals surface area contributed by atoms with E-state index in [0.29, 0.717) is 6.04 Å². The number of aliphatic hydroxyl groups excluding tert-OH is 1. The summed E-state index contributed by atoms with van der Waals surface area (Å²) in [6, 6.07) is 2.26. The Morgan fingerprint density at radius 1 is 1.53 bits per heavy atom. The molecule has 0 unspecified atom stereocenters. The molecule has 0 aliphatic carbocycles. The summed E-state index contributed by atoms with van der Waals surface area (Å²) < 4.78 is 1.94. The quantitative estimate of drug-likeness (QED) is 0.866. The third kappa shape index (κ3) is 1.80. The molecular formula is C10H13N3OS. The molecule has 0 aliphatic rings. The summed E-state index contributed by atoms with van der Waals surface area (Å²) in [5.41, 5.74) is 3.50. The minimum atomic E-state index is -0.0257. The van der Waals surface area contributed by atoms with Crippen molar-refractivity contribution < 1.29 is 5.11 Å². The molecule has 0 amide bonds. The van der Waals surface area contributed by atoms with Gasteiger partial charge < -0.3 is 5.11 Å². The van der Waals surface area contributed by atoms with E-state index in [1.54, 1.807) is 11.7 Å².